The van der Waals surface area contributed by atoms with Crippen LogP contribution in [0.1, 0.15) is 44.9 Å². The Labute approximate surface area is 306 Å². The van der Waals surface area contributed by atoms with Crippen molar-refractivity contribution in [1.82, 2.24) is 10.6 Å². The highest BCUT2D eigenvalue weighted by atomic mass is 35.5. The number of rotatable bonds is 31. The molecule has 0 saturated heterocycles. The molecule has 292 valence electrons. The van der Waals surface area contributed by atoms with Crippen molar-refractivity contribution in [2.75, 3.05) is 77.0 Å². The van der Waals surface area contributed by atoms with Crippen molar-refractivity contribution in [3.05, 3.63) is 38.4 Å². The minimum Gasteiger partial charge on any atom is -0.379 e. The van der Waals surface area contributed by atoms with E-state index in [1.54, 1.807) is 0 Å². The second-order valence-corrected chi connectivity index (χ2v) is 11.7. The quantitative estimate of drug-likeness (QED) is 0.0150. The van der Waals surface area contributed by atoms with Gasteiger partial charge in [-0.2, -0.15) is 0 Å². The van der Waals surface area contributed by atoms with Crippen molar-refractivity contribution in [3.63, 3.8) is 0 Å². The van der Waals surface area contributed by atoms with Crippen molar-refractivity contribution in [2.24, 2.45) is 28.1 Å². The molecule has 52 heavy (non-hydrogen) atoms. The molecular weight excluding hydrogens is 710 g/mol. The summed E-state index contributed by atoms with van der Waals surface area (Å²) in [5.74, 6) is -2.41. The fourth-order valence-corrected chi connectivity index (χ4v) is 4.70. The zero-order valence-electron chi connectivity index (χ0n) is 29.1. The predicted molar refractivity (Wildman–Crippen MR) is 192 cm³/mol. The third kappa shape index (κ3) is 21.0. The number of ketones is 2. The van der Waals surface area contributed by atoms with Crippen LogP contribution in [0.2, 0.25) is 0 Å². The number of carbonyl (C=O) groups is 4. The summed E-state index contributed by atoms with van der Waals surface area (Å²) in [6.45, 7) is 2.90. The fourth-order valence-electron chi connectivity index (χ4n) is 4.48. The number of alkyl halides is 1. The molecule has 1 rings (SSSR count). The number of ether oxygens (including phenoxy) is 3. The van der Waals surface area contributed by atoms with Crippen molar-refractivity contribution < 1.29 is 43.2 Å². The second kappa shape index (κ2) is 27.2. The van der Waals surface area contributed by atoms with Gasteiger partial charge in [0.2, 0.25) is 11.8 Å². The lowest BCUT2D eigenvalue weighted by Gasteiger charge is -2.15. The number of nitrogens with one attached hydrogen (secondary N) is 3. The number of anilines is 1. The molecule has 1 aromatic carbocycles. The molecule has 0 bridgehead atoms. The Morgan fingerprint density at radius 2 is 1.50 bits per heavy atom. The number of nitro benzene ring substituents is 2. The van der Waals surface area contributed by atoms with Crippen LogP contribution in [0.15, 0.2) is 23.2 Å². The van der Waals surface area contributed by atoms with Crippen LogP contribution in [0.4, 0.5) is 17.1 Å². The van der Waals surface area contributed by atoms with Gasteiger partial charge in [0.05, 0.1) is 60.8 Å². The number of halogens is 1. The van der Waals surface area contributed by atoms with Gasteiger partial charge in [-0.1, -0.05) is 0 Å². The summed E-state index contributed by atoms with van der Waals surface area (Å²) in [6, 6.07) is 2.41. The van der Waals surface area contributed by atoms with Gasteiger partial charge in [0.1, 0.15) is 5.69 Å². The Balaban J connectivity index is 2.05. The molecular formula is C31H50ClN9O11. The van der Waals surface area contributed by atoms with Crippen molar-refractivity contribution >= 4 is 58.0 Å². The number of amides is 2. The lowest BCUT2D eigenvalue weighted by molar-refractivity contribution is -0.393. The summed E-state index contributed by atoms with van der Waals surface area (Å²) in [7, 11) is 0. The summed E-state index contributed by atoms with van der Waals surface area (Å²) < 4.78 is 16.4. The fraction of sp³-hybridized carbons (Fsp3) is 0.645. The Bertz CT molecular complexity index is 1330. The number of carbonyl (C=O) groups excluding carboxylic acids is 4. The number of aliphatic imine (C=N–C) groups is 1. The molecule has 2 atom stereocenters. The zero-order valence-corrected chi connectivity index (χ0v) is 29.8. The van der Waals surface area contributed by atoms with Gasteiger partial charge in [-0.3, -0.25) is 44.4 Å². The number of guanidine groups is 1. The molecule has 0 unspecified atom stereocenters. The number of nitrogens with zero attached hydrogens (tertiary/aromatic N) is 3. The summed E-state index contributed by atoms with van der Waals surface area (Å²) in [6.07, 6.45) is 1.95. The van der Waals surface area contributed by atoms with E-state index < -0.39 is 27.7 Å². The summed E-state index contributed by atoms with van der Waals surface area (Å²) in [4.78, 5) is 73.3. The zero-order chi connectivity index (χ0) is 38.7. The first-order valence-corrected chi connectivity index (χ1v) is 17.2. The molecule has 0 spiro atoms. The highest BCUT2D eigenvalue weighted by Crippen LogP contribution is 2.28. The largest absolute Gasteiger partial charge is 0.379 e. The van der Waals surface area contributed by atoms with Crippen LogP contribution < -0.4 is 33.2 Å². The first kappa shape index (κ1) is 45.5. The van der Waals surface area contributed by atoms with Crippen LogP contribution in [-0.2, 0) is 33.4 Å². The van der Waals surface area contributed by atoms with Gasteiger partial charge < -0.3 is 47.4 Å². The normalized spacial score (nSPS) is 12.0. The van der Waals surface area contributed by atoms with Gasteiger partial charge in [-0.25, -0.2) is 0 Å². The molecule has 0 aromatic heterocycles. The maximum atomic E-state index is 12.4. The molecule has 0 saturated carbocycles. The minimum atomic E-state index is -0.996. The third-order valence-corrected chi connectivity index (χ3v) is 7.51. The van der Waals surface area contributed by atoms with E-state index in [4.69, 9.17) is 43.0 Å². The van der Waals surface area contributed by atoms with E-state index in [1.807, 2.05) is 0 Å². The Hall–Kier alpha value is -4.50. The van der Waals surface area contributed by atoms with Crippen LogP contribution in [-0.4, -0.2) is 117 Å². The van der Waals surface area contributed by atoms with Crippen LogP contribution in [0.5, 0.6) is 0 Å². The molecule has 0 heterocycles. The topological polar surface area (TPSA) is 309 Å². The van der Waals surface area contributed by atoms with E-state index in [-0.39, 0.29) is 72.2 Å². The van der Waals surface area contributed by atoms with Crippen LogP contribution >= 0.6 is 11.6 Å². The molecule has 0 radical (unpaired) electrons. The molecule has 21 heteroatoms. The second-order valence-electron chi connectivity index (χ2n) is 11.4. The predicted octanol–water partition coefficient (Wildman–Crippen LogP) is 0.522. The molecule has 0 aliphatic heterocycles. The van der Waals surface area contributed by atoms with Gasteiger partial charge in [0, 0.05) is 57.7 Å². The molecule has 1 aromatic rings. The standard InChI is InChI=1S/C31H50ClN9O11/c32-20-28(43)22(4-1-9-38-31(34)35)18-24(42)21-39-30(45)25(33)6-8-29(44)37-11-3-13-51-15-17-52-16-14-50-12-2-10-36-26-7-5-23(40(46)47)19-27(26)41(48)49/h5,7,19,22,25,36H,1-4,6,8-18,20-21,33H2,(H,37,44)(H,39,45)(H4,34,35,38)/t22-,25+/m1/s1. The van der Waals surface area contributed by atoms with E-state index in [0.717, 1.165) is 6.07 Å². The first-order valence-electron chi connectivity index (χ1n) is 16.7. The highest BCUT2D eigenvalue weighted by molar-refractivity contribution is 6.28. The average molecular weight is 760 g/mol. The van der Waals surface area contributed by atoms with Crippen LogP contribution in [0.3, 0.4) is 0 Å². The van der Waals surface area contributed by atoms with E-state index in [0.29, 0.717) is 85.0 Å². The molecule has 20 nitrogen and oxygen atoms in total. The number of nitrogens with two attached hydrogens (primary N) is 3. The smallest absolute Gasteiger partial charge is 0.299 e. The Morgan fingerprint density at radius 1 is 0.865 bits per heavy atom. The van der Waals surface area contributed by atoms with Crippen molar-refractivity contribution in [1.29, 1.82) is 0 Å². The number of hydrogen-bond acceptors (Lipinski definition) is 14. The maximum absolute atomic E-state index is 12.4. The SMILES string of the molecule is NC(N)=NCCC[C@H](CC(=O)CNC(=O)[C@@H](N)CCC(=O)NCCCOCCOCCOCCCNc1ccc([N+](=O)[O-])cc1[N+](=O)[O-])C(=O)CCl. The lowest BCUT2D eigenvalue weighted by atomic mass is 9.93. The Morgan fingerprint density at radius 3 is 2.10 bits per heavy atom. The van der Waals surface area contributed by atoms with Crippen molar-refractivity contribution in [2.45, 2.75) is 51.0 Å². The molecule has 0 aliphatic carbocycles. The van der Waals surface area contributed by atoms with Gasteiger partial charge in [-0.15, -0.1) is 11.6 Å². The van der Waals surface area contributed by atoms with Crippen molar-refractivity contribution in [3.8, 4) is 0 Å². The van der Waals surface area contributed by atoms with Gasteiger partial charge >= 0.3 is 0 Å². The van der Waals surface area contributed by atoms with E-state index in [1.165, 1.54) is 12.1 Å². The van der Waals surface area contributed by atoms with Gasteiger partial charge in [0.15, 0.2) is 17.5 Å². The minimum absolute atomic E-state index is 0.0141. The summed E-state index contributed by atoms with van der Waals surface area (Å²) >= 11 is 5.66. The molecule has 2 amide bonds. The number of non-ortho nitro benzene ring substituents is 1. The van der Waals surface area contributed by atoms with Crippen LogP contribution in [0.25, 0.3) is 0 Å². The number of benzene rings is 1. The van der Waals surface area contributed by atoms with Crippen LogP contribution in [0, 0.1) is 26.1 Å². The Kier molecular flexibility index (Phi) is 23.8. The number of Topliss-reactive ketones (excluding diaryl/α,β-unsaturated/α-hetero) is 2. The average Bonchev–Trinajstić information content (AvgIpc) is 3.11. The lowest BCUT2D eigenvalue weighted by Crippen LogP contribution is -2.43. The van der Waals surface area contributed by atoms with Gasteiger partial charge in [0.25, 0.3) is 11.4 Å². The summed E-state index contributed by atoms with van der Waals surface area (Å²) in [5.41, 5.74) is 15.9. The highest BCUT2D eigenvalue weighted by Gasteiger charge is 2.22. The van der Waals surface area contributed by atoms with E-state index in [9.17, 15) is 39.4 Å². The maximum Gasteiger partial charge on any atom is 0.299 e. The van der Waals surface area contributed by atoms with Gasteiger partial charge in [-0.05, 0) is 38.2 Å². The molecule has 0 aliphatic rings. The molecule has 9 N–H and O–H groups in total. The monoisotopic (exact) mass is 759 g/mol. The first-order chi connectivity index (χ1) is 24.8. The number of hydrogen-bond donors (Lipinski definition) is 6. The van der Waals surface area contributed by atoms with E-state index in [2.05, 4.69) is 20.9 Å². The molecule has 0 fully saturated rings. The number of nitro groups is 2. The summed E-state index contributed by atoms with van der Waals surface area (Å²) in [5, 5.41) is 30.0. The van der Waals surface area contributed by atoms with E-state index >= 15 is 0 Å². The third-order valence-electron chi connectivity index (χ3n) is 7.25.